The number of Topliss-reactive ketones (excluding diaryl/α,β-unsaturated/α-hetero) is 1. The normalized spacial score (nSPS) is 19.3. The van der Waals surface area contributed by atoms with Crippen molar-refractivity contribution in [2.24, 2.45) is 0 Å². The van der Waals surface area contributed by atoms with E-state index >= 15 is 0 Å². The summed E-state index contributed by atoms with van der Waals surface area (Å²) in [5, 5.41) is 3.49. The van der Waals surface area contributed by atoms with Gasteiger partial charge < -0.3 is 10.1 Å². The van der Waals surface area contributed by atoms with Crippen molar-refractivity contribution in [2.45, 2.75) is 25.4 Å². The van der Waals surface area contributed by atoms with Crippen LogP contribution >= 0.6 is 0 Å². The van der Waals surface area contributed by atoms with Gasteiger partial charge in [0.25, 0.3) is 0 Å². The van der Waals surface area contributed by atoms with Gasteiger partial charge in [0.15, 0.2) is 5.78 Å². The molecule has 1 aliphatic rings. The van der Waals surface area contributed by atoms with Gasteiger partial charge in [0.1, 0.15) is 12.4 Å². The van der Waals surface area contributed by atoms with Crippen molar-refractivity contribution in [3.8, 4) is 5.75 Å². The maximum atomic E-state index is 12.3. The molecule has 0 amide bonds. The number of fused-ring (bicyclic) bond motifs is 1. The lowest BCUT2D eigenvalue weighted by atomic mass is 10.0. The highest BCUT2D eigenvalue weighted by molar-refractivity contribution is 5.99. The Kier molecular flexibility index (Phi) is 4.02. The minimum atomic E-state index is 0.0279. The number of hydrogen-bond donors (Lipinski definition) is 1. The van der Waals surface area contributed by atoms with Crippen molar-refractivity contribution in [1.29, 1.82) is 0 Å². The van der Waals surface area contributed by atoms with E-state index in [2.05, 4.69) is 24.4 Å². The Morgan fingerprint density at radius 2 is 1.81 bits per heavy atom. The smallest absolute Gasteiger partial charge is 0.168 e. The van der Waals surface area contributed by atoms with Crippen LogP contribution in [-0.2, 0) is 0 Å². The Labute approximate surface area is 124 Å². The second kappa shape index (κ2) is 6.10. The van der Waals surface area contributed by atoms with E-state index in [1.807, 2.05) is 42.5 Å². The third-order valence-electron chi connectivity index (χ3n) is 3.84. The minimum Gasteiger partial charge on any atom is -0.491 e. The highest BCUT2D eigenvalue weighted by Crippen LogP contribution is 2.24. The molecule has 21 heavy (non-hydrogen) atoms. The van der Waals surface area contributed by atoms with E-state index in [1.54, 1.807) is 0 Å². The number of carbonyl (C=O) groups is 1. The van der Waals surface area contributed by atoms with Gasteiger partial charge in [-0.15, -0.1) is 0 Å². The molecule has 2 atom stereocenters. The number of nitrogens with one attached hydrogen (secondary N) is 1. The van der Waals surface area contributed by atoms with Gasteiger partial charge in [-0.2, -0.15) is 0 Å². The molecule has 1 heterocycles. The first-order chi connectivity index (χ1) is 10.2. The van der Waals surface area contributed by atoms with E-state index in [0.29, 0.717) is 24.3 Å². The molecule has 1 aliphatic heterocycles. The molecule has 0 bridgehead atoms. The zero-order valence-electron chi connectivity index (χ0n) is 12.1. The van der Waals surface area contributed by atoms with E-state index < -0.39 is 0 Å². The van der Waals surface area contributed by atoms with Crippen LogP contribution in [0.3, 0.4) is 0 Å². The van der Waals surface area contributed by atoms with Crippen molar-refractivity contribution in [3.63, 3.8) is 0 Å². The second-order valence-electron chi connectivity index (χ2n) is 5.43. The number of para-hydroxylation sites is 1. The Bertz CT molecular complexity index is 624. The predicted molar refractivity (Wildman–Crippen MR) is 82.7 cm³/mol. The molecule has 3 nitrogen and oxygen atoms in total. The number of ether oxygens (including phenoxy) is 1. The summed E-state index contributed by atoms with van der Waals surface area (Å²) in [6, 6.07) is 17.9. The van der Waals surface area contributed by atoms with Gasteiger partial charge in [0, 0.05) is 18.5 Å². The molecule has 0 aromatic heterocycles. The van der Waals surface area contributed by atoms with Gasteiger partial charge in [-0.1, -0.05) is 42.5 Å². The van der Waals surface area contributed by atoms with Crippen LogP contribution in [0.2, 0.25) is 0 Å². The largest absolute Gasteiger partial charge is 0.491 e. The van der Waals surface area contributed by atoms with E-state index in [0.717, 1.165) is 0 Å². The molecule has 0 fully saturated rings. The molecule has 3 rings (SSSR count). The minimum absolute atomic E-state index is 0.0279. The van der Waals surface area contributed by atoms with Crippen LogP contribution < -0.4 is 10.1 Å². The third kappa shape index (κ3) is 3.14. The molecule has 2 aromatic carbocycles. The quantitative estimate of drug-likeness (QED) is 0.937. The fourth-order valence-corrected chi connectivity index (χ4v) is 2.70. The van der Waals surface area contributed by atoms with Crippen molar-refractivity contribution in [3.05, 3.63) is 65.7 Å². The Hall–Kier alpha value is -2.13. The van der Waals surface area contributed by atoms with Crippen LogP contribution in [0.4, 0.5) is 0 Å². The first-order valence-corrected chi connectivity index (χ1v) is 7.30. The fraction of sp³-hybridized carbons (Fsp3) is 0.278. The summed E-state index contributed by atoms with van der Waals surface area (Å²) >= 11 is 0. The summed E-state index contributed by atoms with van der Waals surface area (Å²) in [6.07, 6.45) is 0.466. The molecule has 1 N–H and O–H groups in total. The molecule has 0 aliphatic carbocycles. The van der Waals surface area contributed by atoms with E-state index in [1.165, 1.54) is 5.56 Å². The lowest BCUT2D eigenvalue weighted by Crippen LogP contribution is -2.37. The molecular formula is C18H19NO2. The lowest BCUT2D eigenvalue weighted by molar-refractivity contribution is 0.0969. The SMILES string of the molecule is CC(NC1COc2ccccc2C(=O)C1)c1ccccc1. The average molecular weight is 281 g/mol. The van der Waals surface area contributed by atoms with Crippen LogP contribution in [0.5, 0.6) is 5.75 Å². The maximum absolute atomic E-state index is 12.3. The van der Waals surface area contributed by atoms with Crippen LogP contribution in [0.25, 0.3) is 0 Å². The molecule has 0 saturated carbocycles. The topological polar surface area (TPSA) is 38.3 Å². The third-order valence-corrected chi connectivity index (χ3v) is 3.84. The highest BCUT2D eigenvalue weighted by Gasteiger charge is 2.24. The first-order valence-electron chi connectivity index (χ1n) is 7.30. The highest BCUT2D eigenvalue weighted by atomic mass is 16.5. The molecule has 0 spiro atoms. The average Bonchev–Trinajstić information content (AvgIpc) is 2.68. The van der Waals surface area contributed by atoms with Gasteiger partial charge in [0.05, 0.1) is 5.56 Å². The van der Waals surface area contributed by atoms with Gasteiger partial charge in [-0.05, 0) is 24.6 Å². The zero-order chi connectivity index (χ0) is 14.7. The molecule has 0 saturated heterocycles. The molecule has 108 valence electrons. The number of hydrogen-bond acceptors (Lipinski definition) is 3. The van der Waals surface area contributed by atoms with Gasteiger partial charge in [0.2, 0.25) is 0 Å². The number of benzene rings is 2. The first kappa shape index (κ1) is 13.8. The second-order valence-corrected chi connectivity index (χ2v) is 5.43. The number of ketones is 1. The molecular weight excluding hydrogens is 262 g/mol. The fourth-order valence-electron chi connectivity index (χ4n) is 2.70. The molecule has 2 unspecified atom stereocenters. The number of rotatable bonds is 3. The molecule has 3 heteroatoms. The van der Waals surface area contributed by atoms with Gasteiger partial charge in [-0.3, -0.25) is 4.79 Å². The van der Waals surface area contributed by atoms with E-state index in [-0.39, 0.29) is 17.9 Å². The van der Waals surface area contributed by atoms with Crippen LogP contribution in [0.15, 0.2) is 54.6 Å². The lowest BCUT2D eigenvalue weighted by Gasteiger charge is -2.21. The summed E-state index contributed by atoms with van der Waals surface area (Å²) in [7, 11) is 0. The standard InChI is InChI=1S/C18H19NO2/c1-13(14-7-3-2-4-8-14)19-15-11-17(20)16-9-5-6-10-18(16)21-12-15/h2-10,13,15,19H,11-12H2,1H3. The Morgan fingerprint density at radius 3 is 2.62 bits per heavy atom. The van der Waals surface area contributed by atoms with Crippen LogP contribution in [0.1, 0.15) is 35.3 Å². The van der Waals surface area contributed by atoms with Crippen molar-refractivity contribution < 1.29 is 9.53 Å². The Morgan fingerprint density at radius 1 is 1.10 bits per heavy atom. The van der Waals surface area contributed by atoms with E-state index in [4.69, 9.17) is 4.74 Å². The zero-order valence-corrected chi connectivity index (χ0v) is 12.1. The predicted octanol–water partition coefficient (Wildman–Crippen LogP) is 3.37. The van der Waals surface area contributed by atoms with Crippen LogP contribution in [-0.4, -0.2) is 18.4 Å². The van der Waals surface area contributed by atoms with E-state index in [9.17, 15) is 4.79 Å². The van der Waals surface area contributed by atoms with Gasteiger partial charge in [-0.25, -0.2) is 0 Å². The van der Waals surface area contributed by atoms with Crippen LogP contribution in [0, 0.1) is 0 Å². The summed E-state index contributed by atoms with van der Waals surface area (Å²) in [4.78, 5) is 12.3. The van der Waals surface area contributed by atoms with Gasteiger partial charge >= 0.3 is 0 Å². The maximum Gasteiger partial charge on any atom is 0.168 e. The van der Waals surface area contributed by atoms with Crippen molar-refractivity contribution >= 4 is 5.78 Å². The summed E-state index contributed by atoms with van der Waals surface area (Å²) in [5.74, 6) is 0.833. The summed E-state index contributed by atoms with van der Waals surface area (Å²) in [5.41, 5.74) is 1.90. The Balaban J connectivity index is 1.70. The number of carbonyl (C=O) groups excluding carboxylic acids is 1. The summed E-state index contributed by atoms with van der Waals surface area (Å²) < 4.78 is 5.78. The summed E-state index contributed by atoms with van der Waals surface area (Å²) in [6.45, 7) is 2.62. The molecule has 2 aromatic rings. The monoisotopic (exact) mass is 281 g/mol. The van der Waals surface area contributed by atoms with Crippen molar-refractivity contribution in [2.75, 3.05) is 6.61 Å². The molecule has 0 radical (unpaired) electrons. The van der Waals surface area contributed by atoms with Crippen molar-refractivity contribution in [1.82, 2.24) is 5.32 Å².